The van der Waals surface area contributed by atoms with Crippen molar-refractivity contribution in [3.63, 3.8) is 0 Å². The number of anilines is 1. The van der Waals surface area contributed by atoms with E-state index in [4.69, 9.17) is 4.42 Å². The fraction of sp³-hybridized carbons (Fsp3) is 0.412. The zero-order valence-electron chi connectivity index (χ0n) is 12.9. The van der Waals surface area contributed by atoms with Crippen LogP contribution in [0.1, 0.15) is 40.3 Å². The number of rotatable bonds is 2. The summed E-state index contributed by atoms with van der Waals surface area (Å²) in [5.74, 6) is 3.64. The van der Waals surface area contributed by atoms with Gasteiger partial charge >= 0.3 is 0 Å². The lowest BCUT2D eigenvalue weighted by molar-refractivity contribution is 0.0994. The summed E-state index contributed by atoms with van der Waals surface area (Å²) in [7, 11) is 0. The number of hydrogen-bond donors (Lipinski definition) is 1. The topological polar surface area (TPSA) is 55.1 Å². The molecule has 2 aromatic heterocycles. The second-order valence-electron chi connectivity index (χ2n) is 5.85. The number of nitrogens with zero attached hydrogens (tertiary/aromatic N) is 1. The van der Waals surface area contributed by atoms with Crippen molar-refractivity contribution >= 4 is 35.1 Å². The third-order valence-corrected chi connectivity index (χ3v) is 7.94. The number of furan rings is 1. The van der Waals surface area contributed by atoms with Gasteiger partial charge in [0.2, 0.25) is 0 Å². The highest BCUT2D eigenvalue weighted by Crippen LogP contribution is 2.59. The van der Waals surface area contributed by atoms with E-state index in [1.165, 1.54) is 23.5 Å². The van der Waals surface area contributed by atoms with Crippen molar-refractivity contribution in [1.29, 1.82) is 0 Å². The molecule has 1 fully saturated rings. The minimum atomic E-state index is -0.175. The van der Waals surface area contributed by atoms with Crippen LogP contribution < -0.4 is 5.32 Å². The van der Waals surface area contributed by atoms with E-state index in [1.54, 1.807) is 24.5 Å². The number of aromatic nitrogens is 1. The molecule has 1 saturated heterocycles. The van der Waals surface area contributed by atoms with Crippen LogP contribution >= 0.6 is 23.5 Å². The molecular weight excluding hydrogens is 328 g/mol. The molecule has 6 heteroatoms. The Morgan fingerprint density at radius 1 is 1.30 bits per heavy atom. The highest BCUT2D eigenvalue weighted by Gasteiger charge is 2.45. The molecule has 4 rings (SSSR count). The van der Waals surface area contributed by atoms with Gasteiger partial charge in [0.25, 0.3) is 5.91 Å². The van der Waals surface area contributed by atoms with Gasteiger partial charge in [0.1, 0.15) is 5.76 Å². The van der Waals surface area contributed by atoms with E-state index < -0.39 is 0 Å². The molecule has 0 radical (unpaired) electrons. The number of carbonyl (C=O) groups excluding carboxylic acids is 1. The maximum atomic E-state index is 12.6. The van der Waals surface area contributed by atoms with Gasteiger partial charge in [-0.2, -0.15) is 0 Å². The summed E-state index contributed by atoms with van der Waals surface area (Å²) in [6.45, 7) is 2.02. The summed E-state index contributed by atoms with van der Waals surface area (Å²) in [6, 6.07) is 3.56. The molecule has 1 aliphatic carbocycles. The number of fused-ring (bicyclic) bond motifs is 2. The van der Waals surface area contributed by atoms with Gasteiger partial charge in [-0.1, -0.05) is 0 Å². The highest BCUT2D eigenvalue weighted by molar-refractivity contribution is 8.20. The zero-order valence-corrected chi connectivity index (χ0v) is 14.6. The van der Waals surface area contributed by atoms with Crippen molar-refractivity contribution in [3.05, 3.63) is 47.2 Å². The standard InChI is InChI=1S/C17H18N2O2S2/c1-11-14-13(3-2-6-17(14)22-9-10-23-17)21-15(11)16(20)19-12-4-7-18-8-5-12/h4-5,7-8H,2-3,6,9-10H2,1H3,(H,18,19,20). The van der Waals surface area contributed by atoms with Gasteiger partial charge in [-0.25, -0.2) is 0 Å². The van der Waals surface area contributed by atoms with Crippen molar-refractivity contribution in [1.82, 2.24) is 4.98 Å². The molecule has 2 aromatic rings. The molecule has 3 heterocycles. The lowest BCUT2D eigenvalue weighted by atomic mass is 9.94. The molecule has 1 amide bonds. The van der Waals surface area contributed by atoms with E-state index in [0.29, 0.717) is 5.76 Å². The third kappa shape index (κ3) is 2.58. The summed E-state index contributed by atoms with van der Waals surface area (Å²) in [5.41, 5.74) is 3.02. The van der Waals surface area contributed by atoms with Crippen LogP contribution in [0.4, 0.5) is 5.69 Å². The second kappa shape index (κ2) is 5.91. The van der Waals surface area contributed by atoms with Gasteiger partial charge in [-0.05, 0) is 31.9 Å². The number of aryl methyl sites for hydroxylation is 1. The minimum absolute atomic E-state index is 0.108. The molecule has 1 spiro atoms. The Bertz CT molecular complexity index is 737. The SMILES string of the molecule is Cc1c(C(=O)Nc2ccncc2)oc2c1C1(CCC2)SCCS1. The van der Waals surface area contributed by atoms with Crippen LogP contribution in [0.3, 0.4) is 0 Å². The summed E-state index contributed by atoms with van der Waals surface area (Å²) in [6.07, 6.45) is 6.56. The highest BCUT2D eigenvalue weighted by atomic mass is 32.2. The van der Waals surface area contributed by atoms with Crippen molar-refractivity contribution in [3.8, 4) is 0 Å². The number of pyridine rings is 1. The quantitative estimate of drug-likeness (QED) is 0.883. The third-order valence-electron chi connectivity index (χ3n) is 4.41. The summed E-state index contributed by atoms with van der Waals surface area (Å²) >= 11 is 4.03. The first-order valence-corrected chi connectivity index (χ1v) is 9.79. The fourth-order valence-electron chi connectivity index (χ4n) is 3.44. The maximum absolute atomic E-state index is 12.6. The van der Waals surface area contributed by atoms with Crippen LogP contribution in [0.15, 0.2) is 28.9 Å². The molecule has 120 valence electrons. The smallest absolute Gasteiger partial charge is 0.291 e. The predicted molar refractivity (Wildman–Crippen MR) is 95.2 cm³/mol. The first-order chi connectivity index (χ1) is 11.2. The van der Waals surface area contributed by atoms with Crippen molar-refractivity contribution in [2.24, 2.45) is 0 Å². The van der Waals surface area contributed by atoms with Gasteiger partial charge in [0, 0.05) is 47.1 Å². The van der Waals surface area contributed by atoms with E-state index >= 15 is 0 Å². The average molecular weight is 346 g/mol. The Morgan fingerprint density at radius 2 is 2.04 bits per heavy atom. The van der Waals surface area contributed by atoms with E-state index in [2.05, 4.69) is 10.3 Å². The second-order valence-corrected chi connectivity index (χ2v) is 8.89. The molecule has 1 N–H and O–H groups in total. The Labute approximate surface area is 143 Å². The zero-order chi connectivity index (χ0) is 15.9. The molecule has 2 aliphatic rings. The number of thioether (sulfide) groups is 2. The van der Waals surface area contributed by atoms with E-state index in [1.807, 2.05) is 30.4 Å². The molecule has 1 aliphatic heterocycles. The average Bonchev–Trinajstić information content (AvgIpc) is 3.15. The van der Waals surface area contributed by atoms with Gasteiger partial charge in [-0.3, -0.25) is 9.78 Å². The number of carbonyl (C=O) groups is 1. The monoisotopic (exact) mass is 346 g/mol. The van der Waals surface area contributed by atoms with Crippen LogP contribution in [0.5, 0.6) is 0 Å². The Balaban J connectivity index is 1.69. The number of nitrogens with one attached hydrogen (secondary N) is 1. The van der Waals surface area contributed by atoms with E-state index in [0.717, 1.165) is 29.9 Å². The molecule has 0 atom stereocenters. The van der Waals surface area contributed by atoms with Crippen molar-refractivity contribution < 1.29 is 9.21 Å². The van der Waals surface area contributed by atoms with Crippen LogP contribution in [0.25, 0.3) is 0 Å². The normalized spacial score (nSPS) is 18.8. The predicted octanol–water partition coefficient (Wildman–Crippen LogP) is 4.20. The summed E-state index contributed by atoms with van der Waals surface area (Å²) in [4.78, 5) is 16.6. The first-order valence-electron chi connectivity index (χ1n) is 7.82. The lowest BCUT2D eigenvalue weighted by Gasteiger charge is -2.31. The van der Waals surface area contributed by atoms with E-state index in [-0.39, 0.29) is 9.99 Å². The Kier molecular flexibility index (Phi) is 3.89. The van der Waals surface area contributed by atoms with Gasteiger partial charge in [-0.15, -0.1) is 23.5 Å². The Morgan fingerprint density at radius 3 is 2.78 bits per heavy atom. The van der Waals surface area contributed by atoms with E-state index in [9.17, 15) is 4.79 Å². The molecule has 0 bridgehead atoms. The molecule has 4 nitrogen and oxygen atoms in total. The fourth-order valence-corrected chi connectivity index (χ4v) is 7.00. The van der Waals surface area contributed by atoms with Gasteiger partial charge in [0.05, 0.1) is 4.08 Å². The molecule has 0 unspecified atom stereocenters. The van der Waals surface area contributed by atoms with Crippen molar-refractivity contribution in [2.75, 3.05) is 16.8 Å². The maximum Gasteiger partial charge on any atom is 0.291 e. The minimum Gasteiger partial charge on any atom is -0.455 e. The summed E-state index contributed by atoms with van der Waals surface area (Å²) < 4.78 is 6.11. The molecular formula is C17H18N2O2S2. The number of hydrogen-bond acceptors (Lipinski definition) is 5. The first kappa shape index (κ1) is 15.1. The molecule has 23 heavy (non-hydrogen) atoms. The Hall–Kier alpha value is -1.40. The van der Waals surface area contributed by atoms with Crippen LogP contribution in [-0.2, 0) is 10.5 Å². The van der Waals surface area contributed by atoms with Crippen LogP contribution in [0.2, 0.25) is 0 Å². The van der Waals surface area contributed by atoms with Crippen LogP contribution in [-0.4, -0.2) is 22.4 Å². The molecule has 0 saturated carbocycles. The lowest BCUT2D eigenvalue weighted by Crippen LogP contribution is -2.21. The summed E-state index contributed by atoms with van der Waals surface area (Å²) in [5, 5.41) is 2.90. The largest absolute Gasteiger partial charge is 0.455 e. The van der Waals surface area contributed by atoms with Gasteiger partial charge in [0.15, 0.2) is 5.76 Å². The van der Waals surface area contributed by atoms with Gasteiger partial charge < -0.3 is 9.73 Å². The number of amides is 1. The van der Waals surface area contributed by atoms with Crippen LogP contribution in [0, 0.1) is 6.92 Å². The molecule has 0 aromatic carbocycles. The van der Waals surface area contributed by atoms with Crippen molar-refractivity contribution in [2.45, 2.75) is 30.3 Å².